The molecule has 0 saturated carbocycles. The molecule has 1 unspecified atom stereocenters. The molecule has 1 atom stereocenters. The summed E-state index contributed by atoms with van der Waals surface area (Å²) in [4.78, 5) is -0.395. The first-order valence-electron chi connectivity index (χ1n) is 4.72. The fourth-order valence-corrected chi connectivity index (χ4v) is 3.21. The van der Waals surface area contributed by atoms with Crippen molar-refractivity contribution in [1.82, 2.24) is 4.31 Å². The Bertz CT molecular complexity index is 695. The molecule has 0 bridgehead atoms. The van der Waals surface area contributed by atoms with Crippen molar-refractivity contribution in [2.45, 2.75) is 6.04 Å². The Hall–Kier alpha value is -1.42. The molecular formula is C9H9NO6S2. The zero-order valence-electron chi connectivity index (χ0n) is 8.83. The highest BCUT2D eigenvalue weighted by atomic mass is 32.2. The van der Waals surface area contributed by atoms with Gasteiger partial charge in [-0.1, -0.05) is 18.2 Å². The summed E-state index contributed by atoms with van der Waals surface area (Å²) >= 11 is 0. The largest absolute Gasteiger partial charge is 0.360 e. The number of rotatable bonds is 2. The second-order valence-corrected chi connectivity index (χ2v) is 6.31. The fraction of sp³-hybridized carbons (Fsp3) is 0.111. The van der Waals surface area contributed by atoms with Crippen LogP contribution in [-0.4, -0.2) is 36.3 Å². The van der Waals surface area contributed by atoms with Crippen molar-refractivity contribution < 1.29 is 25.9 Å². The molecule has 0 spiro atoms. The predicted molar refractivity (Wildman–Crippen MR) is 63.2 cm³/mol. The summed E-state index contributed by atoms with van der Waals surface area (Å²) in [6.45, 7) is 0. The number of nitrogens with zero attached hydrogens (tertiary/aromatic N) is 1. The van der Waals surface area contributed by atoms with Crippen molar-refractivity contribution in [3.05, 3.63) is 47.1 Å². The van der Waals surface area contributed by atoms with Gasteiger partial charge in [0.1, 0.15) is 0 Å². The van der Waals surface area contributed by atoms with Crippen molar-refractivity contribution in [2.75, 3.05) is 0 Å². The summed E-state index contributed by atoms with van der Waals surface area (Å²) in [6.07, 6.45) is 7.55. The highest BCUT2D eigenvalue weighted by Crippen LogP contribution is 2.31. The van der Waals surface area contributed by atoms with E-state index in [4.69, 9.17) is 9.11 Å². The van der Waals surface area contributed by atoms with Crippen LogP contribution in [0.1, 0.15) is 0 Å². The normalized spacial score (nSPS) is 23.4. The summed E-state index contributed by atoms with van der Waals surface area (Å²) in [5.41, 5.74) is 0.0696. The van der Waals surface area contributed by atoms with Crippen molar-refractivity contribution >= 4 is 20.4 Å². The van der Waals surface area contributed by atoms with Crippen LogP contribution in [0, 0.1) is 0 Å². The molecule has 2 N–H and O–H groups in total. The molecule has 0 saturated heterocycles. The number of fused-ring (bicyclic) bond motifs is 1. The number of allylic oxidation sites excluding steroid dienone is 4. The van der Waals surface area contributed by atoms with Gasteiger partial charge in [0.25, 0.3) is 10.1 Å². The van der Waals surface area contributed by atoms with Crippen LogP contribution in [-0.2, 0) is 20.4 Å². The molecule has 0 aromatic heterocycles. The van der Waals surface area contributed by atoms with E-state index in [9.17, 15) is 16.8 Å². The third-order valence-electron chi connectivity index (χ3n) is 2.47. The lowest BCUT2D eigenvalue weighted by Crippen LogP contribution is -2.39. The summed E-state index contributed by atoms with van der Waals surface area (Å²) < 4.78 is 63.2. The minimum atomic E-state index is -4.51. The van der Waals surface area contributed by atoms with E-state index in [1.807, 2.05) is 0 Å². The van der Waals surface area contributed by atoms with Crippen molar-refractivity contribution in [2.24, 2.45) is 0 Å². The molecule has 0 fully saturated rings. The Morgan fingerprint density at radius 1 is 1.06 bits per heavy atom. The van der Waals surface area contributed by atoms with Crippen LogP contribution >= 0.6 is 0 Å². The molecule has 0 radical (unpaired) electrons. The summed E-state index contributed by atoms with van der Waals surface area (Å²) in [5, 5.41) is 0. The lowest BCUT2D eigenvalue weighted by atomic mass is 10.00. The maximum absolute atomic E-state index is 11.2. The van der Waals surface area contributed by atoms with Crippen molar-refractivity contribution in [1.29, 1.82) is 0 Å². The predicted octanol–water partition coefficient (Wildman–Crippen LogP) is 0.255. The van der Waals surface area contributed by atoms with E-state index in [1.54, 1.807) is 0 Å². The molecule has 2 aliphatic rings. The van der Waals surface area contributed by atoms with Crippen LogP contribution < -0.4 is 0 Å². The summed E-state index contributed by atoms with van der Waals surface area (Å²) in [5.74, 6) is 0. The lowest BCUT2D eigenvalue weighted by molar-refractivity contribution is 0.391. The van der Waals surface area contributed by atoms with E-state index in [-0.39, 0.29) is 5.57 Å². The number of hydrogen-bond donors (Lipinski definition) is 2. The quantitative estimate of drug-likeness (QED) is 0.705. The Kier molecular flexibility index (Phi) is 2.93. The zero-order valence-corrected chi connectivity index (χ0v) is 10.5. The van der Waals surface area contributed by atoms with Gasteiger partial charge in [-0.3, -0.25) is 9.11 Å². The summed E-state index contributed by atoms with van der Waals surface area (Å²) in [7, 11) is -8.98. The van der Waals surface area contributed by atoms with Gasteiger partial charge in [0.05, 0.1) is 10.9 Å². The maximum Gasteiger partial charge on any atom is 0.360 e. The standard InChI is InChI=1S/C9H9NO6S2/c11-17(12,13)9-5-1-4-8-7(9)3-2-6-10(8)18(14,15)16/h1-6,8H,(H,11,12,13)(H,14,15,16). The maximum atomic E-state index is 11.2. The van der Waals surface area contributed by atoms with Crippen LogP contribution in [0.15, 0.2) is 47.1 Å². The topological polar surface area (TPSA) is 112 Å². The van der Waals surface area contributed by atoms with Gasteiger partial charge in [-0.25, -0.2) is 4.31 Å². The highest BCUT2D eigenvalue weighted by molar-refractivity contribution is 7.90. The molecular weight excluding hydrogens is 282 g/mol. The molecule has 9 heteroatoms. The van der Waals surface area contributed by atoms with Crippen molar-refractivity contribution in [3.63, 3.8) is 0 Å². The molecule has 2 rings (SSSR count). The lowest BCUT2D eigenvalue weighted by Gasteiger charge is -2.31. The van der Waals surface area contributed by atoms with Gasteiger partial charge in [0, 0.05) is 11.8 Å². The molecule has 1 heterocycles. The van der Waals surface area contributed by atoms with Crippen LogP contribution in [0.4, 0.5) is 0 Å². The third-order valence-corrected chi connectivity index (χ3v) is 4.28. The van der Waals surface area contributed by atoms with E-state index in [0.29, 0.717) is 4.31 Å². The zero-order chi connectivity index (χ0) is 13.6. The van der Waals surface area contributed by atoms with Gasteiger partial charge < -0.3 is 0 Å². The van der Waals surface area contributed by atoms with E-state index >= 15 is 0 Å². The molecule has 98 valence electrons. The average molecular weight is 291 g/mol. The minimum absolute atomic E-state index is 0.0696. The van der Waals surface area contributed by atoms with Gasteiger partial charge in [0.2, 0.25) is 0 Å². The highest BCUT2D eigenvalue weighted by Gasteiger charge is 2.34. The molecule has 0 aromatic carbocycles. The molecule has 0 aromatic rings. The van der Waals surface area contributed by atoms with Crippen LogP contribution in [0.25, 0.3) is 0 Å². The molecule has 18 heavy (non-hydrogen) atoms. The SMILES string of the molecule is O=S(=O)(O)C1=CC=CC2C1=CC=CN2S(=O)(=O)O. The third kappa shape index (κ3) is 2.25. The monoisotopic (exact) mass is 291 g/mol. The summed E-state index contributed by atoms with van der Waals surface area (Å²) in [6, 6.07) is -0.994. The second-order valence-electron chi connectivity index (χ2n) is 3.61. The number of hydrogen-bond acceptors (Lipinski definition) is 4. The van der Waals surface area contributed by atoms with E-state index in [2.05, 4.69) is 0 Å². The van der Waals surface area contributed by atoms with E-state index in [0.717, 1.165) is 12.3 Å². The Morgan fingerprint density at radius 3 is 2.28 bits per heavy atom. The van der Waals surface area contributed by atoms with E-state index in [1.165, 1.54) is 24.3 Å². The Balaban J connectivity index is 2.54. The van der Waals surface area contributed by atoms with Gasteiger partial charge in [-0.15, -0.1) is 0 Å². The molecule has 1 aliphatic heterocycles. The van der Waals surface area contributed by atoms with Crippen LogP contribution in [0.2, 0.25) is 0 Å². The first kappa shape index (κ1) is 13.0. The Labute approximate surface area is 104 Å². The fourth-order valence-electron chi connectivity index (χ4n) is 1.78. The van der Waals surface area contributed by atoms with Gasteiger partial charge in [-0.2, -0.15) is 16.8 Å². The minimum Gasteiger partial charge on any atom is -0.282 e. The molecule has 0 amide bonds. The smallest absolute Gasteiger partial charge is 0.282 e. The van der Waals surface area contributed by atoms with E-state index < -0.39 is 31.4 Å². The van der Waals surface area contributed by atoms with Gasteiger partial charge >= 0.3 is 10.3 Å². The van der Waals surface area contributed by atoms with Crippen molar-refractivity contribution in [3.8, 4) is 0 Å². The van der Waals surface area contributed by atoms with Crippen LogP contribution in [0.3, 0.4) is 0 Å². The van der Waals surface area contributed by atoms with Gasteiger partial charge in [0.15, 0.2) is 0 Å². The Morgan fingerprint density at radius 2 is 1.72 bits per heavy atom. The molecule has 7 nitrogen and oxygen atoms in total. The first-order valence-corrected chi connectivity index (χ1v) is 7.55. The second kappa shape index (κ2) is 4.05. The van der Waals surface area contributed by atoms with Crippen LogP contribution in [0.5, 0.6) is 0 Å². The first-order chi connectivity index (χ1) is 8.21. The average Bonchev–Trinajstić information content (AvgIpc) is 2.24. The van der Waals surface area contributed by atoms with Gasteiger partial charge in [-0.05, 0) is 12.2 Å². The molecule has 1 aliphatic carbocycles.